The fourth-order valence-electron chi connectivity index (χ4n) is 11.4. The summed E-state index contributed by atoms with van der Waals surface area (Å²) in [4.78, 5) is 10.3. The fraction of sp³-hybridized carbons (Fsp3) is 0.0164. The van der Waals surface area contributed by atoms with Crippen LogP contribution in [-0.4, -0.2) is 35.2 Å². The molecule has 1 aliphatic rings. The Morgan fingerprint density at radius 1 is 0.441 bits per heavy atom. The predicted octanol–water partition coefficient (Wildman–Crippen LogP) is 8.59. The van der Waals surface area contributed by atoms with Gasteiger partial charge in [0.1, 0.15) is 23.1 Å². The van der Waals surface area contributed by atoms with Crippen LogP contribution in [0.3, 0.4) is 0 Å². The Labute approximate surface area is 396 Å². The van der Waals surface area contributed by atoms with Gasteiger partial charge in [-0.05, 0) is 84.0 Å². The Kier molecular flexibility index (Phi) is 9.35. The van der Waals surface area contributed by atoms with Crippen molar-refractivity contribution < 1.29 is 4.74 Å². The monoisotopic (exact) mass is 904 g/mol. The Bertz CT molecular complexity index is 3760. The number of nitrogens with zero attached hydrogens (tertiary/aromatic N) is 4. The van der Waals surface area contributed by atoms with E-state index in [-0.39, 0.29) is 0 Å². The van der Waals surface area contributed by atoms with Gasteiger partial charge < -0.3 is 9.30 Å². The summed E-state index contributed by atoms with van der Waals surface area (Å²) in [5.41, 5.74) is 5.33. The molecule has 0 aliphatic carbocycles. The molecule has 1 aliphatic heterocycles. The lowest BCUT2D eigenvalue weighted by atomic mass is 10.1. The number of benzene rings is 9. The van der Waals surface area contributed by atoms with Gasteiger partial charge in [-0.15, -0.1) is 0 Å². The molecule has 0 saturated heterocycles. The van der Waals surface area contributed by atoms with E-state index in [2.05, 4.69) is 253 Å². The first-order chi connectivity index (χ1) is 33.6. The molecule has 0 spiro atoms. The first-order valence-corrected chi connectivity index (χ1v) is 27.2. The van der Waals surface area contributed by atoms with Crippen LogP contribution < -0.4 is 46.2 Å². The normalized spacial score (nSPS) is 13.0. The lowest BCUT2D eigenvalue weighted by Gasteiger charge is -2.39. The van der Waals surface area contributed by atoms with Crippen LogP contribution in [-0.2, 0) is 7.05 Å². The third-order valence-electron chi connectivity index (χ3n) is 14.3. The molecule has 0 unspecified atom stereocenters. The molecule has 3 aromatic heterocycles. The zero-order valence-electron chi connectivity index (χ0n) is 37.4. The number of aromatic nitrogens is 4. The van der Waals surface area contributed by atoms with E-state index in [0.29, 0.717) is 0 Å². The number of ether oxygens (including phenoxy) is 1. The summed E-state index contributed by atoms with van der Waals surface area (Å²) in [6.07, 6.45) is 1.89. The minimum Gasteiger partial charge on any atom is -0.457 e. The van der Waals surface area contributed by atoms with Crippen molar-refractivity contribution >= 4 is 90.5 Å². The average Bonchev–Trinajstić information content (AvgIpc) is 3.92. The molecule has 4 heterocycles. The van der Waals surface area contributed by atoms with Crippen molar-refractivity contribution in [2.75, 3.05) is 0 Å². The number of hydrogen-bond donors (Lipinski definition) is 0. The molecule has 0 amide bonds. The predicted molar refractivity (Wildman–Crippen MR) is 286 cm³/mol. The van der Waals surface area contributed by atoms with Crippen LogP contribution in [0.4, 0.5) is 0 Å². The van der Waals surface area contributed by atoms with Crippen LogP contribution in [0.2, 0.25) is 0 Å². The third kappa shape index (κ3) is 5.92. The third-order valence-corrected chi connectivity index (χ3v) is 23.8. The second-order valence-corrected chi connectivity index (χ2v) is 25.3. The molecule has 0 saturated carbocycles. The number of fused-ring (bicyclic) bond motifs is 6. The molecule has 0 radical (unpaired) electrons. The molecule has 322 valence electrons. The van der Waals surface area contributed by atoms with Crippen LogP contribution in [0.5, 0.6) is 11.5 Å². The van der Waals surface area contributed by atoms with Crippen LogP contribution >= 0.6 is 0 Å². The van der Waals surface area contributed by atoms with Crippen molar-refractivity contribution in [3.8, 4) is 28.7 Å². The van der Waals surface area contributed by atoms with Gasteiger partial charge in [0.2, 0.25) is 0 Å². The van der Waals surface area contributed by atoms with Crippen molar-refractivity contribution in [1.29, 1.82) is 0 Å². The van der Waals surface area contributed by atoms with Gasteiger partial charge in [-0.3, -0.25) is 4.57 Å². The Hall–Kier alpha value is -8.37. The molecule has 7 heteroatoms. The summed E-state index contributed by atoms with van der Waals surface area (Å²) >= 11 is 0. The van der Waals surface area contributed by atoms with Crippen molar-refractivity contribution in [3.05, 3.63) is 249 Å². The highest BCUT2D eigenvalue weighted by Gasteiger charge is 2.48. The maximum Gasteiger partial charge on any atom is 0.188 e. The van der Waals surface area contributed by atoms with E-state index in [9.17, 15) is 0 Å². The maximum atomic E-state index is 7.10. The number of para-hydroxylation sites is 3. The van der Waals surface area contributed by atoms with Gasteiger partial charge in [0, 0.05) is 35.6 Å². The molecule has 13 rings (SSSR count). The van der Waals surface area contributed by atoms with E-state index in [1.54, 1.807) is 0 Å². The van der Waals surface area contributed by atoms with E-state index in [0.717, 1.165) is 56.2 Å². The van der Waals surface area contributed by atoms with E-state index >= 15 is 0 Å². The number of hydrogen-bond acceptors (Lipinski definition) is 3. The minimum absolute atomic E-state index is 0.853. The standard InChI is InChI=1S/C61H44N4OSi2/c1-64-53-32-15-14-31-52(53)63-61(64)43-21-20-30-48(39-43)67(44-22-6-2-7-23-44,45-24-8-3-9-25-45)49-36-37-50-51-41-59-57(42-55(51)65(54(50)40-49)60-35-18-19-38-62-60)66-56-33-16-17-34-58(56)68(59,46-26-10-4-11-27-46)47-28-12-5-13-29-47/h2-42H,1H3. The molecule has 0 N–H and O–H groups in total. The summed E-state index contributed by atoms with van der Waals surface area (Å²) in [7, 11) is -3.88. The number of imidazole rings is 1. The number of pyridine rings is 1. The Morgan fingerprint density at radius 3 is 1.74 bits per heavy atom. The Balaban J connectivity index is 1.13. The zero-order chi connectivity index (χ0) is 45.2. The van der Waals surface area contributed by atoms with Gasteiger partial charge in [-0.25, -0.2) is 9.97 Å². The maximum absolute atomic E-state index is 7.10. The summed E-state index contributed by atoms with van der Waals surface area (Å²) in [5.74, 6) is 3.59. The molecule has 9 aromatic carbocycles. The topological polar surface area (TPSA) is 44.9 Å². The van der Waals surface area contributed by atoms with Crippen LogP contribution in [0, 0.1) is 0 Å². The van der Waals surface area contributed by atoms with Crippen LogP contribution in [0.25, 0.3) is 50.0 Å². The molecule has 0 bridgehead atoms. The first-order valence-electron chi connectivity index (χ1n) is 23.2. The fourth-order valence-corrected chi connectivity index (χ4v) is 21.1. The van der Waals surface area contributed by atoms with E-state index in [4.69, 9.17) is 14.7 Å². The molecule has 12 aromatic rings. The van der Waals surface area contributed by atoms with E-state index < -0.39 is 16.1 Å². The second-order valence-electron chi connectivity index (χ2n) is 17.7. The Morgan fingerprint density at radius 2 is 1.04 bits per heavy atom. The lowest BCUT2D eigenvalue weighted by molar-refractivity contribution is 0.487. The van der Waals surface area contributed by atoms with Gasteiger partial charge >= 0.3 is 0 Å². The van der Waals surface area contributed by atoms with Crippen molar-refractivity contribution in [1.82, 2.24) is 19.1 Å². The van der Waals surface area contributed by atoms with E-state index in [1.807, 2.05) is 12.3 Å². The lowest BCUT2D eigenvalue weighted by Crippen LogP contribution is -2.76. The SMILES string of the molecule is Cn1c(-c2cccc([Si](c3ccccc3)(c3ccccc3)c3ccc4c5cc6c(cc5n(-c5ccccn5)c4c3)Oc3ccccc3[Si]6(c3ccccc3)c3ccccc3)c2)nc2ccccc21. The molecule has 0 atom stereocenters. The number of rotatable bonds is 8. The van der Waals surface area contributed by atoms with Gasteiger partial charge in [0.05, 0.1) is 22.1 Å². The highest BCUT2D eigenvalue weighted by molar-refractivity contribution is 7.21. The highest BCUT2D eigenvalue weighted by atomic mass is 28.3. The molecular weight excluding hydrogens is 861 g/mol. The molecule has 5 nitrogen and oxygen atoms in total. The smallest absolute Gasteiger partial charge is 0.188 e. The molecule has 0 fully saturated rings. The summed E-state index contributed by atoms with van der Waals surface area (Å²) in [6, 6.07) is 89.1. The van der Waals surface area contributed by atoms with Gasteiger partial charge in [-0.1, -0.05) is 194 Å². The van der Waals surface area contributed by atoms with Crippen molar-refractivity contribution in [3.63, 3.8) is 0 Å². The van der Waals surface area contributed by atoms with E-state index in [1.165, 1.54) is 46.9 Å². The van der Waals surface area contributed by atoms with Gasteiger partial charge in [-0.2, -0.15) is 0 Å². The number of aryl methyl sites for hydroxylation is 1. The summed E-state index contributed by atoms with van der Waals surface area (Å²) in [6.45, 7) is 0. The molecule has 68 heavy (non-hydrogen) atoms. The highest BCUT2D eigenvalue weighted by Crippen LogP contribution is 2.38. The minimum atomic E-state index is -3.08. The average molecular weight is 905 g/mol. The molecular formula is C61H44N4OSi2. The second kappa shape index (κ2) is 15.9. The van der Waals surface area contributed by atoms with Crippen molar-refractivity contribution in [2.45, 2.75) is 0 Å². The largest absolute Gasteiger partial charge is 0.457 e. The van der Waals surface area contributed by atoms with Crippen LogP contribution in [0.1, 0.15) is 0 Å². The van der Waals surface area contributed by atoms with Crippen molar-refractivity contribution in [2.24, 2.45) is 7.05 Å². The van der Waals surface area contributed by atoms with Crippen LogP contribution in [0.15, 0.2) is 249 Å². The van der Waals surface area contributed by atoms with Gasteiger partial charge in [0.25, 0.3) is 0 Å². The summed E-state index contributed by atoms with van der Waals surface area (Å²) in [5, 5.41) is 12.6. The van der Waals surface area contributed by atoms with Gasteiger partial charge in [0.15, 0.2) is 16.1 Å². The quantitative estimate of drug-likeness (QED) is 0.114. The first kappa shape index (κ1) is 40.0. The summed E-state index contributed by atoms with van der Waals surface area (Å²) < 4.78 is 11.7. The zero-order valence-corrected chi connectivity index (χ0v) is 39.4.